The zero-order chi connectivity index (χ0) is 14.0. The zero-order valence-corrected chi connectivity index (χ0v) is 10.5. The predicted molar refractivity (Wildman–Crippen MR) is 66.5 cm³/mol. The van der Waals surface area contributed by atoms with Crippen LogP contribution in [0.3, 0.4) is 0 Å². The van der Waals surface area contributed by atoms with E-state index in [1.165, 1.54) is 19.0 Å². The Balaban J connectivity index is 2.21. The summed E-state index contributed by atoms with van der Waals surface area (Å²) in [7, 11) is 2.93. The molecule has 1 aromatic carbocycles. The lowest BCUT2D eigenvalue weighted by Crippen LogP contribution is -2.48. The number of fused-ring (bicyclic) bond motifs is 1. The molecule has 1 amide bonds. The second-order valence-corrected chi connectivity index (χ2v) is 3.99. The van der Waals surface area contributed by atoms with E-state index in [1.54, 1.807) is 18.2 Å². The van der Waals surface area contributed by atoms with Crippen LogP contribution in [0.2, 0.25) is 0 Å². The van der Waals surface area contributed by atoms with E-state index in [9.17, 15) is 9.59 Å². The second kappa shape index (κ2) is 5.15. The van der Waals surface area contributed by atoms with Crippen LogP contribution in [0, 0.1) is 0 Å². The topological polar surface area (TPSA) is 88.1 Å². The molecule has 0 bridgehead atoms. The molecule has 2 N–H and O–H groups in total. The highest BCUT2D eigenvalue weighted by Gasteiger charge is 2.28. The van der Waals surface area contributed by atoms with Crippen molar-refractivity contribution in [2.45, 2.75) is 6.04 Å². The van der Waals surface area contributed by atoms with Crippen molar-refractivity contribution < 1.29 is 24.2 Å². The number of anilines is 1. The number of aliphatic carboxylic acids is 1. The van der Waals surface area contributed by atoms with Crippen molar-refractivity contribution >= 4 is 17.6 Å². The Hall–Kier alpha value is -2.28. The molecule has 1 atom stereocenters. The molecule has 0 saturated heterocycles. The van der Waals surface area contributed by atoms with Crippen LogP contribution in [0.1, 0.15) is 0 Å². The van der Waals surface area contributed by atoms with Gasteiger partial charge >= 0.3 is 5.97 Å². The fourth-order valence-electron chi connectivity index (χ4n) is 1.77. The quantitative estimate of drug-likeness (QED) is 0.749. The van der Waals surface area contributed by atoms with Gasteiger partial charge in [0.15, 0.2) is 17.5 Å². The number of carboxylic acids is 1. The fourth-order valence-corrected chi connectivity index (χ4v) is 1.77. The molecule has 19 heavy (non-hydrogen) atoms. The molecule has 0 saturated carbocycles. The Morgan fingerprint density at radius 1 is 1.37 bits per heavy atom. The molecule has 0 fully saturated rings. The number of likely N-dealkylation sites (N-methyl/N-ethyl adjacent to an activating group) is 2. The first-order valence-corrected chi connectivity index (χ1v) is 5.62. The van der Waals surface area contributed by atoms with Crippen LogP contribution in [0.25, 0.3) is 0 Å². The van der Waals surface area contributed by atoms with E-state index in [1.807, 2.05) is 0 Å². The third kappa shape index (κ3) is 2.45. The molecule has 2 rings (SSSR count). The fraction of sp³-hybridized carbons (Fsp3) is 0.333. The predicted octanol–water partition coefficient (Wildman–Crippen LogP) is 0.0507. The standard InChI is InChI=1S/C12H14N2O5/c1-13-10(12(16)17)11(15)14(2)7-3-4-8-9(5-7)19-6-18-8/h3-5,10,13H,6H2,1-2H3,(H,16,17). The molecule has 0 aliphatic carbocycles. The van der Waals surface area contributed by atoms with Crippen LogP contribution in [0.5, 0.6) is 11.5 Å². The highest BCUT2D eigenvalue weighted by atomic mass is 16.7. The lowest BCUT2D eigenvalue weighted by atomic mass is 10.2. The molecule has 0 spiro atoms. The van der Waals surface area contributed by atoms with Gasteiger partial charge in [0.25, 0.3) is 5.91 Å². The lowest BCUT2D eigenvalue weighted by Gasteiger charge is -2.21. The summed E-state index contributed by atoms with van der Waals surface area (Å²) in [6.45, 7) is 0.144. The number of nitrogens with zero attached hydrogens (tertiary/aromatic N) is 1. The van der Waals surface area contributed by atoms with E-state index < -0.39 is 17.9 Å². The Bertz CT molecular complexity index is 517. The van der Waals surface area contributed by atoms with Gasteiger partial charge in [0.2, 0.25) is 6.79 Å². The van der Waals surface area contributed by atoms with Gasteiger partial charge in [0, 0.05) is 18.8 Å². The average Bonchev–Trinajstić information content (AvgIpc) is 2.85. The maximum Gasteiger partial charge on any atom is 0.330 e. The molecule has 102 valence electrons. The van der Waals surface area contributed by atoms with Gasteiger partial charge in [-0.1, -0.05) is 0 Å². The Morgan fingerprint density at radius 2 is 2.05 bits per heavy atom. The van der Waals surface area contributed by atoms with Gasteiger partial charge in [-0.3, -0.25) is 10.1 Å². The largest absolute Gasteiger partial charge is 0.480 e. The van der Waals surface area contributed by atoms with Crippen molar-refractivity contribution in [1.29, 1.82) is 0 Å². The molecule has 1 aliphatic heterocycles. The summed E-state index contributed by atoms with van der Waals surface area (Å²) in [5, 5.41) is 11.4. The van der Waals surface area contributed by atoms with E-state index in [0.717, 1.165) is 0 Å². The normalized spacial score (nSPS) is 14.0. The van der Waals surface area contributed by atoms with E-state index in [2.05, 4.69) is 5.32 Å². The van der Waals surface area contributed by atoms with Gasteiger partial charge in [-0.15, -0.1) is 0 Å². The van der Waals surface area contributed by atoms with Crippen LogP contribution in [-0.2, 0) is 9.59 Å². The molecule has 0 radical (unpaired) electrons. The Kier molecular flexibility index (Phi) is 3.57. The van der Waals surface area contributed by atoms with Crippen molar-refractivity contribution in [3.63, 3.8) is 0 Å². The van der Waals surface area contributed by atoms with Gasteiger partial charge in [-0.05, 0) is 19.2 Å². The number of carbonyl (C=O) groups excluding carboxylic acids is 1. The van der Waals surface area contributed by atoms with Crippen molar-refractivity contribution in [3.05, 3.63) is 18.2 Å². The number of rotatable bonds is 4. The first-order valence-electron chi connectivity index (χ1n) is 5.62. The summed E-state index contributed by atoms with van der Waals surface area (Å²) in [4.78, 5) is 24.2. The molecule has 7 heteroatoms. The van der Waals surface area contributed by atoms with Gasteiger partial charge in [0.05, 0.1) is 0 Å². The highest BCUT2D eigenvalue weighted by molar-refractivity contribution is 6.08. The van der Waals surface area contributed by atoms with Gasteiger partial charge in [-0.25, -0.2) is 4.79 Å². The summed E-state index contributed by atoms with van der Waals surface area (Å²) in [6, 6.07) is 3.70. The molecule has 1 aliphatic rings. The summed E-state index contributed by atoms with van der Waals surface area (Å²) < 4.78 is 10.4. The van der Waals surface area contributed by atoms with Gasteiger partial charge < -0.3 is 19.5 Å². The molecule has 1 aromatic rings. The molecule has 0 aromatic heterocycles. The Labute approximate surface area is 109 Å². The number of hydrogen-bond acceptors (Lipinski definition) is 5. The summed E-state index contributed by atoms with van der Waals surface area (Å²) in [5.74, 6) is -0.643. The van der Waals surface area contributed by atoms with Gasteiger partial charge in [-0.2, -0.15) is 0 Å². The molecule has 1 heterocycles. The molecular formula is C12H14N2O5. The number of hydrogen-bond donors (Lipinski definition) is 2. The van der Waals surface area contributed by atoms with Crippen LogP contribution in [0.4, 0.5) is 5.69 Å². The SMILES string of the molecule is CNC(C(=O)O)C(=O)N(C)c1ccc2c(c1)OCO2. The minimum atomic E-state index is -1.28. The monoisotopic (exact) mass is 266 g/mol. The minimum Gasteiger partial charge on any atom is -0.480 e. The van der Waals surface area contributed by atoms with E-state index in [4.69, 9.17) is 14.6 Å². The van der Waals surface area contributed by atoms with Gasteiger partial charge in [0.1, 0.15) is 0 Å². The van der Waals surface area contributed by atoms with Crippen LogP contribution >= 0.6 is 0 Å². The third-order valence-corrected chi connectivity index (χ3v) is 2.86. The highest BCUT2D eigenvalue weighted by Crippen LogP contribution is 2.35. The lowest BCUT2D eigenvalue weighted by molar-refractivity contribution is -0.143. The van der Waals surface area contributed by atoms with Crippen LogP contribution in [0.15, 0.2) is 18.2 Å². The number of benzene rings is 1. The summed E-state index contributed by atoms with van der Waals surface area (Å²) in [6.07, 6.45) is 0. The van der Waals surface area contributed by atoms with Crippen molar-refractivity contribution in [2.24, 2.45) is 0 Å². The minimum absolute atomic E-state index is 0.144. The molecule has 7 nitrogen and oxygen atoms in total. The summed E-state index contributed by atoms with van der Waals surface area (Å²) >= 11 is 0. The number of ether oxygens (including phenoxy) is 2. The van der Waals surface area contributed by atoms with E-state index in [0.29, 0.717) is 17.2 Å². The average molecular weight is 266 g/mol. The number of carbonyl (C=O) groups is 2. The molecule has 1 unspecified atom stereocenters. The van der Waals surface area contributed by atoms with Crippen LogP contribution < -0.4 is 19.7 Å². The first-order chi connectivity index (χ1) is 9.04. The van der Waals surface area contributed by atoms with Crippen molar-refractivity contribution in [3.8, 4) is 11.5 Å². The summed E-state index contributed by atoms with van der Waals surface area (Å²) in [5.41, 5.74) is 0.538. The Morgan fingerprint density at radius 3 is 2.68 bits per heavy atom. The van der Waals surface area contributed by atoms with Crippen LogP contribution in [-0.4, -0.2) is 43.9 Å². The smallest absolute Gasteiger partial charge is 0.330 e. The maximum atomic E-state index is 12.0. The maximum absolute atomic E-state index is 12.0. The van der Waals surface area contributed by atoms with Crippen molar-refractivity contribution in [1.82, 2.24) is 5.32 Å². The van der Waals surface area contributed by atoms with E-state index in [-0.39, 0.29) is 6.79 Å². The first kappa shape index (κ1) is 13.2. The zero-order valence-electron chi connectivity index (χ0n) is 10.5. The number of amides is 1. The van der Waals surface area contributed by atoms with E-state index >= 15 is 0 Å². The second-order valence-electron chi connectivity index (χ2n) is 3.99. The third-order valence-electron chi connectivity index (χ3n) is 2.86. The molecular weight excluding hydrogens is 252 g/mol. The number of carboxylic acid groups (broad SMARTS) is 1. The number of nitrogens with one attached hydrogen (secondary N) is 1. The van der Waals surface area contributed by atoms with Crippen molar-refractivity contribution in [2.75, 3.05) is 25.8 Å².